The van der Waals surface area contributed by atoms with E-state index in [2.05, 4.69) is 4.99 Å². The van der Waals surface area contributed by atoms with Gasteiger partial charge in [0, 0.05) is 19.2 Å². The number of ether oxygens (including phenoxy) is 2. The summed E-state index contributed by atoms with van der Waals surface area (Å²) in [6.45, 7) is 1.03. The van der Waals surface area contributed by atoms with E-state index in [4.69, 9.17) is 21.1 Å². The van der Waals surface area contributed by atoms with Crippen LogP contribution in [0.4, 0.5) is 0 Å². The SMILES string of the molecule is COCCn1c(=NC(=O)c2cccc(Oc3ccccc3)c2)sc2cccc(Cl)c21. The molecular formula is C23H19ClN2O3S. The number of thiazole rings is 1. The van der Waals surface area contributed by atoms with Gasteiger partial charge in [0.15, 0.2) is 4.80 Å². The molecule has 0 aliphatic heterocycles. The molecule has 0 N–H and O–H groups in total. The van der Waals surface area contributed by atoms with E-state index >= 15 is 0 Å². The van der Waals surface area contributed by atoms with Gasteiger partial charge in [-0.25, -0.2) is 0 Å². The predicted octanol–water partition coefficient (Wildman–Crippen LogP) is 5.54. The average Bonchev–Trinajstić information content (AvgIpc) is 3.11. The van der Waals surface area contributed by atoms with Gasteiger partial charge in [-0.2, -0.15) is 4.99 Å². The number of methoxy groups -OCH3 is 1. The molecule has 30 heavy (non-hydrogen) atoms. The summed E-state index contributed by atoms with van der Waals surface area (Å²) in [7, 11) is 1.64. The van der Waals surface area contributed by atoms with Crippen LogP contribution < -0.4 is 9.54 Å². The summed E-state index contributed by atoms with van der Waals surface area (Å²) in [5.41, 5.74) is 1.30. The number of aromatic nitrogens is 1. The van der Waals surface area contributed by atoms with E-state index in [1.807, 2.05) is 59.2 Å². The normalized spacial score (nSPS) is 11.7. The number of nitrogens with zero attached hydrogens (tertiary/aromatic N) is 2. The lowest BCUT2D eigenvalue weighted by molar-refractivity contribution is 0.0997. The minimum Gasteiger partial charge on any atom is -0.457 e. The van der Waals surface area contributed by atoms with Crippen molar-refractivity contribution in [3.63, 3.8) is 0 Å². The molecule has 3 aromatic carbocycles. The highest BCUT2D eigenvalue weighted by Crippen LogP contribution is 2.26. The molecule has 0 bridgehead atoms. The zero-order valence-corrected chi connectivity index (χ0v) is 17.8. The van der Waals surface area contributed by atoms with Crippen LogP contribution >= 0.6 is 22.9 Å². The Balaban J connectivity index is 1.70. The van der Waals surface area contributed by atoms with Crippen molar-refractivity contribution in [2.24, 2.45) is 4.99 Å². The molecule has 4 aromatic rings. The maximum atomic E-state index is 12.9. The van der Waals surface area contributed by atoms with Crippen molar-refractivity contribution in [1.29, 1.82) is 0 Å². The number of fused-ring (bicyclic) bond motifs is 1. The number of rotatable bonds is 6. The van der Waals surface area contributed by atoms with Gasteiger partial charge in [0.05, 0.1) is 21.8 Å². The van der Waals surface area contributed by atoms with Crippen molar-refractivity contribution < 1.29 is 14.3 Å². The van der Waals surface area contributed by atoms with Crippen LogP contribution in [0.15, 0.2) is 77.8 Å². The second-order valence-corrected chi connectivity index (χ2v) is 7.89. The first-order valence-electron chi connectivity index (χ1n) is 9.34. The highest BCUT2D eigenvalue weighted by molar-refractivity contribution is 7.16. The molecule has 0 saturated heterocycles. The lowest BCUT2D eigenvalue weighted by Gasteiger charge is -2.07. The standard InChI is InChI=1S/C23H19ClN2O3S/c1-28-14-13-26-21-19(24)11-6-12-20(21)30-23(26)25-22(27)16-7-5-10-18(15-16)29-17-8-3-2-4-9-17/h2-12,15H,13-14H2,1H3. The molecular weight excluding hydrogens is 420 g/mol. The second kappa shape index (κ2) is 9.26. The molecule has 1 aromatic heterocycles. The molecule has 0 aliphatic carbocycles. The number of benzene rings is 3. The van der Waals surface area contributed by atoms with Gasteiger partial charge in [0.25, 0.3) is 5.91 Å². The van der Waals surface area contributed by atoms with Crippen LogP contribution in [0.25, 0.3) is 10.2 Å². The summed E-state index contributed by atoms with van der Waals surface area (Å²) in [5.74, 6) is 0.937. The third kappa shape index (κ3) is 4.46. The van der Waals surface area contributed by atoms with Crippen LogP contribution in [0.5, 0.6) is 11.5 Å². The Bertz CT molecular complexity index is 1250. The Kier molecular flexibility index (Phi) is 6.28. The van der Waals surface area contributed by atoms with E-state index in [1.165, 1.54) is 11.3 Å². The van der Waals surface area contributed by atoms with Gasteiger partial charge in [-0.15, -0.1) is 0 Å². The third-order valence-corrected chi connectivity index (χ3v) is 5.78. The van der Waals surface area contributed by atoms with Gasteiger partial charge in [0.2, 0.25) is 0 Å². The van der Waals surface area contributed by atoms with Gasteiger partial charge in [-0.05, 0) is 42.5 Å². The first-order valence-corrected chi connectivity index (χ1v) is 10.5. The van der Waals surface area contributed by atoms with Crippen molar-refractivity contribution >= 4 is 39.1 Å². The van der Waals surface area contributed by atoms with Gasteiger partial charge in [0.1, 0.15) is 11.5 Å². The van der Waals surface area contributed by atoms with Crippen molar-refractivity contribution in [3.8, 4) is 11.5 Å². The Morgan fingerprint density at radius 3 is 2.60 bits per heavy atom. The molecule has 1 amide bonds. The van der Waals surface area contributed by atoms with Crippen molar-refractivity contribution in [3.05, 3.63) is 88.2 Å². The minimum atomic E-state index is -0.345. The topological polar surface area (TPSA) is 52.8 Å². The van der Waals surface area contributed by atoms with E-state index in [-0.39, 0.29) is 5.91 Å². The van der Waals surface area contributed by atoms with Crippen molar-refractivity contribution in [2.45, 2.75) is 6.54 Å². The van der Waals surface area contributed by atoms with Crippen LogP contribution in [0, 0.1) is 0 Å². The average molecular weight is 439 g/mol. The molecule has 5 nitrogen and oxygen atoms in total. The number of carbonyl (C=O) groups is 1. The molecule has 0 aliphatic rings. The molecule has 152 valence electrons. The summed E-state index contributed by atoms with van der Waals surface area (Å²) >= 11 is 7.83. The van der Waals surface area contributed by atoms with E-state index < -0.39 is 0 Å². The van der Waals surface area contributed by atoms with Crippen LogP contribution in [0.1, 0.15) is 10.4 Å². The number of amides is 1. The monoisotopic (exact) mass is 438 g/mol. The van der Waals surface area contributed by atoms with Crippen LogP contribution in [0.2, 0.25) is 5.02 Å². The summed E-state index contributed by atoms with van der Waals surface area (Å²) in [6.07, 6.45) is 0. The van der Waals surface area contributed by atoms with E-state index in [0.717, 1.165) is 10.2 Å². The fourth-order valence-electron chi connectivity index (χ4n) is 3.03. The number of hydrogen-bond donors (Lipinski definition) is 0. The molecule has 0 atom stereocenters. The van der Waals surface area contributed by atoms with Crippen LogP contribution in [-0.2, 0) is 11.3 Å². The van der Waals surface area contributed by atoms with Gasteiger partial charge >= 0.3 is 0 Å². The highest BCUT2D eigenvalue weighted by atomic mass is 35.5. The molecule has 0 saturated carbocycles. The highest BCUT2D eigenvalue weighted by Gasteiger charge is 2.12. The fraction of sp³-hybridized carbons (Fsp3) is 0.130. The Morgan fingerprint density at radius 1 is 1.03 bits per heavy atom. The first kappa shape index (κ1) is 20.3. The number of hydrogen-bond acceptors (Lipinski definition) is 4. The molecule has 4 rings (SSSR count). The van der Waals surface area contributed by atoms with Crippen LogP contribution in [0.3, 0.4) is 0 Å². The molecule has 0 radical (unpaired) electrons. The Morgan fingerprint density at radius 2 is 1.80 bits per heavy atom. The van der Waals surface area contributed by atoms with Crippen molar-refractivity contribution in [2.75, 3.05) is 13.7 Å². The lowest BCUT2D eigenvalue weighted by Crippen LogP contribution is -2.19. The largest absolute Gasteiger partial charge is 0.457 e. The smallest absolute Gasteiger partial charge is 0.279 e. The zero-order chi connectivity index (χ0) is 20.9. The molecule has 0 unspecified atom stereocenters. The second-order valence-electron chi connectivity index (χ2n) is 6.48. The first-order chi connectivity index (χ1) is 14.7. The third-order valence-electron chi connectivity index (χ3n) is 4.43. The molecule has 0 fully saturated rings. The quantitative estimate of drug-likeness (QED) is 0.397. The van der Waals surface area contributed by atoms with Crippen molar-refractivity contribution in [1.82, 2.24) is 4.57 Å². The number of halogens is 1. The van der Waals surface area contributed by atoms with E-state index in [0.29, 0.717) is 40.0 Å². The van der Waals surface area contributed by atoms with E-state index in [1.54, 1.807) is 25.3 Å². The maximum absolute atomic E-state index is 12.9. The summed E-state index contributed by atoms with van der Waals surface area (Å²) in [6, 6.07) is 22.1. The van der Waals surface area contributed by atoms with Crippen LogP contribution in [-0.4, -0.2) is 24.2 Å². The molecule has 7 heteroatoms. The maximum Gasteiger partial charge on any atom is 0.279 e. The summed E-state index contributed by atoms with van der Waals surface area (Å²) in [5, 5.41) is 0.618. The summed E-state index contributed by atoms with van der Waals surface area (Å²) < 4.78 is 13.9. The molecule has 1 heterocycles. The van der Waals surface area contributed by atoms with E-state index in [9.17, 15) is 4.79 Å². The van der Waals surface area contributed by atoms with Gasteiger partial charge in [-0.1, -0.05) is 53.3 Å². The molecule has 0 spiro atoms. The predicted molar refractivity (Wildman–Crippen MR) is 120 cm³/mol. The fourth-order valence-corrected chi connectivity index (χ4v) is 4.44. The van der Waals surface area contributed by atoms with Gasteiger partial charge < -0.3 is 14.0 Å². The zero-order valence-electron chi connectivity index (χ0n) is 16.2. The lowest BCUT2D eigenvalue weighted by atomic mass is 10.2. The number of carbonyl (C=O) groups excluding carboxylic acids is 1. The number of para-hydroxylation sites is 2. The summed E-state index contributed by atoms with van der Waals surface area (Å²) in [4.78, 5) is 17.9. The minimum absolute atomic E-state index is 0.345. The Labute approximate surface area is 182 Å². The Hall–Kier alpha value is -2.93. The van der Waals surface area contributed by atoms with Gasteiger partial charge in [-0.3, -0.25) is 4.79 Å².